The Morgan fingerprint density at radius 3 is 2.18 bits per heavy atom. The van der Waals surface area contributed by atoms with Crippen molar-refractivity contribution in [2.24, 2.45) is 5.73 Å². The van der Waals surface area contributed by atoms with Crippen molar-refractivity contribution < 1.29 is 12.8 Å². The van der Waals surface area contributed by atoms with Crippen LogP contribution in [0.4, 0.5) is 4.39 Å². The Morgan fingerprint density at radius 1 is 1.29 bits per heavy atom. The number of nitrogens with two attached hydrogens (primary N) is 1. The maximum Gasteiger partial charge on any atom is 0.243 e. The number of halogens is 4. The standard InChI is InChI=1S/C8H9Cl2FN2O2S.ClH/c9-6-3-5(11)4-7(10)8(6)16(14,15)13-2-1-12;/h3-4,13H,1-2,12H2;1H. The van der Waals surface area contributed by atoms with Gasteiger partial charge in [0, 0.05) is 13.1 Å². The van der Waals surface area contributed by atoms with Crippen molar-refractivity contribution in [1.29, 1.82) is 0 Å². The van der Waals surface area contributed by atoms with Crippen molar-refractivity contribution in [3.8, 4) is 0 Å². The van der Waals surface area contributed by atoms with E-state index in [1.165, 1.54) is 0 Å². The molecule has 0 unspecified atom stereocenters. The Kier molecular flexibility index (Phi) is 6.68. The van der Waals surface area contributed by atoms with E-state index >= 15 is 0 Å². The third-order valence-corrected chi connectivity index (χ3v) is 4.05. The Hall–Kier alpha value is -0.110. The summed E-state index contributed by atoms with van der Waals surface area (Å²) in [5, 5.41) is -0.538. The average molecular weight is 324 g/mol. The van der Waals surface area contributed by atoms with Crippen molar-refractivity contribution >= 4 is 45.6 Å². The largest absolute Gasteiger partial charge is 0.329 e. The number of sulfonamides is 1. The third kappa shape index (κ3) is 4.24. The predicted octanol–water partition coefficient (Wildman–Crippen LogP) is 1.79. The van der Waals surface area contributed by atoms with Gasteiger partial charge in [0.1, 0.15) is 10.7 Å². The predicted molar refractivity (Wildman–Crippen MR) is 67.9 cm³/mol. The molecule has 0 heterocycles. The van der Waals surface area contributed by atoms with Crippen LogP contribution in [-0.4, -0.2) is 21.5 Å². The van der Waals surface area contributed by atoms with E-state index in [1.807, 2.05) is 0 Å². The molecule has 0 aliphatic heterocycles. The summed E-state index contributed by atoms with van der Waals surface area (Å²) < 4.78 is 38.4. The molecule has 0 fully saturated rings. The summed E-state index contributed by atoms with van der Waals surface area (Å²) >= 11 is 11.2. The van der Waals surface area contributed by atoms with Gasteiger partial charge in [0.25, 0.3) is 0 Å². The van der Waals surface area contributed by atoms with Gasteiger partial charge in [-0.05, 0) is 12.1 Å². The van der Waals surface area contributed by atoms with Gasteiger partial charge >= 0.3 is 0 Å². The van der Waals surface area contributed by atoms with E-state index in [0.717, 1.165) is 12.1 Å². The van der Waals surface area contributed by atoms with E-state index in [1.54, 1.807) is 0 Å². The van der Waals surface area contributed by atoms with E-state index in [2.05, 4.69) is 4.72 Å². The molecule has 4 nitrogen and oxygen atoms in total. The molecule has 0 radical (unpaired) electrons. The first-order valence-corrected chi connectivity index (χ1v) is 6.46. The summed E-state index contributed by atoms with van der Waals surface area (Å²) in [6.45, 7) is 0.183. The highest BCUT2D eigenvalue weighted by atomic mass is 35.5. The van der Waals surface area contributed by atoms with Gasteiger partial charge in [0.15, 0.2) is 0 Å². The molecule has 0 saturated carbocycles. The van der Waals surface area contributed by atoms with Crippen LogP contribution in [0.3, 0.4) is 0 Å². The van der Waals surface area contributed by atoms with Gasteiger partial charge in [0.05, 0.1) is 10.0 Å². The molecule has 17 heavy (non-hydrogen) atoms. The van der Waals surface area contributed by atoms with Gasteiger partial charge in [-0.25, -0.2) is 17.5 Å². The summed E-state index contributed by atoms with van der Waals surface area (Å²) in [6, 6.07) is 1.76. The molecule has 0 aliphatic rings. The van der Waals surface area contributed by atoms with Crippen molar-refractivity contribution in [1.82, 2.24) is 4.72 Å². The average Bonchev–Trinajstić information content (AvgIpc) is 2.12. The van der Waals surface area contributed by atoms with Gasteiger partial charge in [0.2, 0.25) is 10.0 Å². The van der Waals surface area contributed by atoms with Crippen LogP contribution in [0.25, 0.3) is 0 Å². The molecule has 1 aromatic carbocycles. The number of rotatable bonds is 4. The maximum absolute atomic E-state index is 12.8. The summed E-state index contributed by atoms with van der Waals surface area (Å²) in [6.07, 6.45) is 0. The zero-order valence-electron chi connectivity index (χ0n) is 8.41. The Bertz CT molecular complexity index is 473. The van der Waals surface area contributed by atoms with Gasteiger partial charge in [-0.3, -0.25) is 0 Å². The molecule has 1 rings (SSSR count). The first-order valence-electron chi connectivity index (χ1n) is 4.23. The van der Waals surface area contributed by atoms with Crippen LogP contribution in [-0.2, 0) is 10.0 Å². The zero-order chi connectivity index (χ0) is 12.3. The van der Waals surface area contributed by atoms with Gasteiger partial charge in [-0.15, -0.1) is 12.4 Å². The monoisotopic (exact) mass is 322 g/mol. The van der Waals surface area contributed by atoms with Crippen LogP contribution in [0.1, 0.15) is 0 Å². The number of hydrogen-bond acceptors (Lipinski definition) is 3. The van der Waals surface area contributed by atoms with Crippen molar-refractivity contribution in [2.75, 3.05) is 13.1 Å². The molecular formula is C8H10Cl3FN2O2S. The summed E-state index contributed by atoms with van der Waals surface area (Å²) in [5.74, 6) is -0.701. The SMILES string of the molecule is Cl.NCCNS(=O)(=O)c1c(Cl)cc(F)cc1Cl. The fourth-order valence-corrected chi connectivity index (χ4v) is 3.28. The van der Waals surface area contributed by atoms with E-state index in [-0.39, 0.29) is 40.4 Å². The number of nitrogens with one attached hydrogen (secondary N) is 1. The lowest BCUT2D eigenvalue weighted by atomic mass is 10.3. The molecule has 98 valence electrons. The van der Waals surface area contributed by atoms with Crippen LogP contribution >= 0.6 is 35.6 Å². The van der Waals surface area contributed by atoms with E-state index < -0.39 is 15.8 Å². The summed E-state index contributed by atoms with van der Waals surface area (Å²) in [4.78, 5) is -0.342. The lowest BCUT2D eigenvalue weighted by Gasteiger charge is -2.09. The number of benzene rings is 1. The van der Waals surface area contributed by atoms with Crippen LogP contribution < -0.4 is 10.5 Å². The van der Waals surface area contributed by atoms with Crippen LogP contribution in [0.5, 0.6) is 0 Å². The molecule has 3 N–H and O–H groups in total. The molecule has 0 spiro atoms. The second kappa shape index (κ2) is 6.72. The van der Waals surface area contributed by atoms with Crippen molar-refractivity contribution in [2.45, 2.75) is 4.90 Å². The molecule has 1 aromatic rings. The second-order valence-electron chi connectivity index (χ2n) is 2.89. The molecule has 0 aromatic heterocycles. The molecule has 9 heteroatoms. The van der Waals surface area contributed by atoms with E-state index in [9.17, 15) is 12.8 Å². The second-order valence-corrected chi connectivity index (χ2v) is 5.40. The third-order valence-electron chi connectivity index (χ3n) is 1.67. The Labute approximate surface area is 115 Å². The van der Waals surface area contributed by atoms with Gasteiger partial charge < -0.3 is 5.73 Å². The lowest BCUT2D eigenvalue weighted by Crippen LogP contribution is -2.29. The Balaban J connectivity index is 0.00000256. The highest BCUT2D eigenvalue weighted by Crippen LogP contribution is 2.30. The minimum Gasteiger partial charge on any atom is -0.329 e. The summed E-state index contributed by atoms with van der Waals surface area (Å²) in [5.41, 5.74) is 5.16. The van der Waals surface area contributed by atoms with E-state index in [0.29, 0.717) is 0 Å². The lowest BCUT2D eigenvalue weighted by molar-refractivity contribution is 0.581. The molecule has 0 bridgehead atoms. The van der Waals surface area contributed by atoms with Crippen molar-refractivity contribution in [3.05, 3.63) is 28.0 Å². The highest BCUT2D eigenvalue weighted by molar-refractivity contribution is 7.89. The van der Waals surface area contributed by atoms with Crippen LogP contribution in [0.15, 0.2) is 17.0 Å². The first kappa shape index (κ1) is 16.9. The fraction of sp³-hybridized carbons (Fsp3) is 0.250. The Morgan fingerprint density at radius 2 is 1.76 bits per heavy atom. The highest BCUT2D eigenvalue weighted by Gasteiger charge is 2.21. The quantitative estimate of drug-likeness (QED) is 0.887. The van der Waals surface area contributed by atoms with Gasteiger partial charge in [-0.2, -0.15) is 0 Å². The smallest absolute Gasteiger partial charge is 0.243 e. The van der Waals surface area contributed by atoms with Crippen LogP contribution in [0.2, 0.25) is 10.0 Å². The number of hydrogen-bond donors (Lipinski definition) is 2. The topological polar surface area (TPSA) is 72.2 Å². The van der Waals surface area contributed by atoms with Gasteiger partial charge in [-0.1, -0.05) is 23.2 Å². The fourth-order valence-electron chi connectivity index (χ4n) is 1.05. The van der Waals surface area contributed by atoms with Crippen LogP contribution in [0, 0.1) is 5.82 Å². The summed E-state index contributed by atoms with van der Waals surface area (Å²) in [7, 11) is -3.86. The minimum atomic E-state index is -3.86. The molecule has 0 aliphatic carbocycles. The molecule has 0 amide bonds. The molecule has 0 atom stereocenters. The maximum atomic E-state index is 12.8. The normalized spacial score (nSPS) is 11.1. The molecule has 0 saturated heterocycles. The first-order chi connectivity index (χ1) is 7.38. The van der Waals surface area contributed by atoms with Crippen molar-refractivity contribution in [3.63, 3.8) is 0 Å². The molecular weight excluding hydrogens is 314 g/mol. The zero-order valence-corrected chi connectivity index (χ0v) is 11.6. The van der Waals surface area contributed by atoms with E-state index in [4.69, 9.17) is 28.9 Å². The minimum absolute atomic E-state index is 0.